The first-order chi connectivity index (χ1) is 13.8. The zero-order chi connectivity index (χ0) is 21.1. The van der Waals surface area contributed by atoms with E-state index in [1.165, 1.54) is 19.2 Å². The lowest BCUT2D eigenvalue weighted by Gasteiger charge is -2.18. The summed E-state index contributed by atoms with van der Waals surface area (Å²) >= 11 is 0. The molecule has 150 valence electrons. The van der Waals surface area contributed by atoms with Crippen molar-refractivity contribution in [3.8, 4) is 5.75 Å². The molecule has 7 nitrogen and oxygen atoms in total. The van der Waals surface area contributed by atoms with Crippen LogP contribution in [0.4, 0.5) is 11.4 Å². The van der Waals surface area contributed by atoms with Gasteiger partial charge < -0.3 is 15.0 Å². The maximum atomic E-state index is 12.9. The van der Waals surface area contributed by atoms with E-state index in [2.05, 4.69) is 5.32 Å². The van der Waals surface area contributed by atoms with Crippen LogP contribution in [0, 0.1) is 10.1 Å². The van der Waals surface area contributed by atoms with Crippen molar-refractivity contribution >= 4 is 28.1 Å². The van der Waals surface area contributed by atoms with Gasteiger partial charge >= 0.3 is 0 Å². The molecule has 7 heteroatoms. The molecule has 1 N–H and O–H groups in total. The smallest absolute Gasteiger partial charge is 0.293 e. The fourth-order valence-corrected chi connectivity index (χ4v) is 3.24. The Hall–Kier alpha value is -3.61. The maximum Gasteiger partial charge on any atom is 0.293 e. The molecule has 0 aromatic heterocycles. The fraction of sp³-hybridized carbons (Fsp3) is 0.227. The number of ether oxygens (including phenoxy) is 1. The summed E-state index contributed by atoms with van der Waals surface area (Å²) in [6.07, 6.45) is 0. The predicted octanol–water partition coefficient (Wildman–Crippen LogP) is 4.31. The minimum atomic E-state index is -0.502. The molecular weight excluding hydrogens is 370 g/mol. The standard InChI is InChI=1S/C22H23N3O4/c1-14(16-10-9-15-7-5-6-8-17(15)11-16)23-22(26)18-12-20(25(27)28)19(24(2)3)13-21(18)29-4/h5-14H,1-4H3,(H,23,26). The van der Waals surface area contributed by atoms with E-state index in [9.17, 15) is 14.9 Å². The molecule has 0 heterocycles. The predicted molar refractivity (Wildman–Crippen MR) is 114 cm³/mol. The first kappa shape index (κ1) is 20.1. The Kier molecular flexibility index (Phi) is 5.68. The first-order valence-electron chi connectivity index (χ1n) is 9.15. The Morgan fingerprint density at radius 3 is 2.41 bits per heavy atom. The number of rotatable bonds is 6. The summed E-state index contributed by atoms with van der Waals surface area (Å²) in [6.45, 7) is 1.87. The number of carbonyl (C=O) groups excluding carboxylic acids is 1. The van der Waals surface area contributed by atoms with Gasteiger partial charge in [-0.3, -0.25) is 14.9 Å². The molecule has 0 radical (unpaired) electrons. The Labute approximate surface area is 169 Å². The number of carbonyl (C=O) groups is 1. The van der Waals surface area contributed by atoms with Gasteiger partial charge in [-0.05, 0) is 29.3 Å². The second kappa shape index (κ2) is 8.18. The number of anilines is 1. The van der Waals surface area contributed by atoms with Crippen LogP contribution in [0.25, 0.3) is 10.8 Å². The van der Waals surface area contributed by atoms with E-state index < -0.39 is 10.8 Å². The van der Waals surface area contributed by atoms with E-state index in [1.807, 2.05) is 49.4 Å². The number of hydrogen-bond acceptors (Lipinski definition) is 5. The average Bonchev–Trinajstić information content (AvgIpc) is 2.71. The van der Waals surface area contributed by atoms with Crippen molar-refractivity contribution in [2.75, 3.05) is 26.1 Å². The fourth-order valence-electron chi connectivity index (χ4n) is 3.24. The zero-order valence-electron chi connectivity index (χ0n) is 16.8. The van der Waals surface area contributed by atoms with E-state index in [-0.39, 0.29) is 23.0 Å². The van der Waals surface area contributed by atoms with Gasteiger partial charge in [0.1, 0.15) is 11.4 Å². The van der Waals surface area contributed by atoms with Crippen LogP contribution in [-0.2, 0) is 0 Å². The number of fused-ring (bicyclic) bond motifs is 1. The lowest BCUT2D eigenvalue weighted by Crippen LogP contribution is -2.27. The van der Waals surface area contributed by atoms with Crippen molar-refractivity contribution in [2.45, 2.75) is 13.0 Å². The van der Waals surface area contributed by atoms with E-state index in [0.29, 0.717) is 5.69 Å². The van der Waals surface area contributed by atoms with Gasteiger partial charge in [-0.15, -0.1) is 0 Å². The van der Waals surface area contributed by atoms with E-state index in [4.69, 9.17) is 4.74 Å². The molecule has 0 aliphatic heterocycles. The zero-order valence-corrected chi connectivity index (χ0v) is 16.8. The Morgan fingerprint density at radius 1 is 1.10 bits per heavy atom. The van der Waals surface area contributed by atoms with Crippen molar-refractivity contribution in [1.82, 2.24) is 5.32 Å². The summed E-state index contributed by atoms with van der Waals surface area (Å²) in [5, 5.41) is 16.6. The van der Waals surface area contributed by atoms with Gasteiger partial charge in [0.2, 0.25) is 0 Å². The summed E-state index contributed by atoms with van der Waals surface area (Å²) in [5.74, 6) is -0.154. The molecule has 1 atom stereocenters. The second-order valence-electron chi connectivity index (χ2n) is 6.99. The summed E-state index contributed by atoms with van der Waals surface area (Å²) in [4.78, 5) is 25.5. The van der Waals surface area contributed by atoms with Crippen molar-refractivity contribution in [1.29, 1.82) is 0 Å². The normalized spacial score (nSPS) is 11.7. The Morgan fingerprint density at radius 2 is 1.79 bits per heavy atom. The van der Waals surface area contributed by atoms with Crippen molar-refractivity contribution in [2.24, 2.45) is 0 Å². The number of amides is 1. The molecule has 3 rings (SSSR count). The highest BCUT2D eigenvalue weighted by Gasteiger charge is 2.24. The lowest BCUT2D eigenvalue weighted by atomic mass is 10.0. The van der Waals surface area contributed by atoms with Crippen molar-refractivity contribution in [3.63, 3.8) is 0 Å². The second-order valence-corrected chi connectivity index (χ2v) is 6.99. The highest BCUT2D eigenvalue weighted by molar-refractivity contribution is 5.99. The van der Waals surface area contributed by atoms with E-state index >= 15 is 0 Å². The number of nitrogens with zero attached hydrogens (tertiary/aromatic N) is 2. The topological polar surface area (TPSA) is 84.7 Å². The summed E-state index contributed by atoms with van der Waals surface area (Å²) in [6, 6.07) is 16.4. The SMILES string of the molecule is COc1cc(N(C)C)c([N+](=O)[O-])cc1C(=O)NC(C)c1ccc2ccccc2c1. The van der Waals surface area contributed by atoms with Crippen molar-refractivity contribution in [3.05, 3.63) is 75.8 Å². The van der Waals surface area contributed by atoms with Gasteiger partial charge in [-0.25, -0.2) is 0 Å². The summed E-state index contributed by atoms with van der Waals surface area (Å²) in [5.41, 5.74) is 1.28. The molecule has 3 aromatic rings. The molecule has 0 aliphatic rings. The van der Waals surface area contributed by atoms with Crippen LogP contribution in [0.3, 0.4) is 0 Å². The number of benzene rings is 3. The molecule has 1 amide bonds. The molecule has 3 aromatic carbocycles. The Bertz CT molecular complexity index is 1080. The average molecular weight is 393 g/mol. The summed E-state index contributed by atoms with van der Waals surface area (Å²) in [7, 11) is 4.83. The van der Waals surface area contributed by atoms with Crippen LogP contribution < -0.4 is 15.0 Å². The lowest BCUT2D eigenvalue weighted by molar-refractivity contribution is -0.384. The minimum absolute atomic E-state index is 0.123. The third kappa shape index (κ3) is 4.13. The highest BCUT2D eigenvalue weighted by Crippen LogP contribution is 2.34. The molecular formula is C22H23N3O4. The maximum absolute atomic E-state index is 12.9. The molecule has 0 aliphatic carbocycles. The summed E-state index contributed by atoms with van der Waals surface area (Å²) < 4.78 is 5.33. The number of methoxy groups -OCH3 is 1. The van der Waals surface area contributed by atoms with Gasteiger partial charge in [-0.1, -0.05) is 36.4 Å². The largest absolute Gasteiger partial charge is 0.496 e. The van der Waals surface area contributed by atoms with Gasteiger partial charge in [0.15, 0.2) is 0 Å². The number of nitro benzene ring substituents is 1. The molecule has 0 fully saturated rings. The third-order valence-electron chi connectivity index (χ3n) is 4.84. The van der Waals surface area contributed by atoms with Crippen LogP contribution in [0.1, 0.15) is 28.9 Å². The van der Waals surface area contributed by atoms with E-state index in [1.54, 1.807) is 19.0 Å². The molecule has 0 saturated carbocycles. The number of nitrogens with one attached hydrogen (secondary N) is 1. The quantitative estimate of drug-likeness (QED) is 0.498. The van der Waals surface area contributed by atoms with Crippen molar-refractivity contribution < 1.29 is 14.5 Å². The highest BCUT2D eigenvalue weighted by atomic mass is 16.6. The monoisotopic (exact) mass is 393 g/mol. The van der Waals surface area contributed by atoms with Gasteiger partial charge in [-0.2, -0.15) is 0 Å². The van der Waals surface area contributed by atoms with Gasteiger partial charge in [0, 0.05) is 26.2 Å². The minimum Gasteiger partial charge on any atom is -0.496 e. The number of hydrogen-bond donors (Lipinski definition) is 1. The van der Waals surface area contributed by atoms with Crippen LogP contribution in [0.2, 0.25) is 0 Å². The van der Waals surface area contributed by atoms with Crippen LogP contribution >= 0.6 is 0 Å². The van der Waals surface area contributed by atoms with Crippen LogP contribution in [-0.4, -0.2) is 32.0 Å². The van der Waals surface area contributed by atoms with Gasteiger partial charge in [0.25, 0.3) is 11.6 Å². The Balaban J connectivity index is 1.92. The molecule has 29 heavy (non-hydrogen) atoms. The molecule has 0 spiro atoms. The molecule has 0 bridgehead atoms. The van der Waals surface area contributed by atoms with E-state index in [0.717, 1.165) is 16.3 Å². The van der Waals surface area contributed by atoms with Gasteiger partial charge in [0.05, 0.1) is 23.6 Å². The first-order valence-corrected chi connectivity index (χ1v) is 9.15. The van der Waals surface area contributed by atoms with Crippen LogP contribution in [0.15, 0.2) is 54.6 Å². The third-order valence-corrected chi connectivity index (χ3v) is 4.84. The molecule has 1 unspecified atom stereocenters. The van der Waals surface area contributed by atoms with Crippen LogP contribution in [0.5, 0.6) is 5.75 Å². The number of nitro groups is 1. The molecule has 0 saturated heterocycles.